The number of hydroxylamine groups is 2. The summed E-state index contributed by atoms with van der Waals surface area (Å²) in [7, 11) is 2.06. The highest BCUT2D eigenvalue weighted by atomic mass is 79.9. The molecule has 2 aromatic carbocycles. The molecule has 1 heterocycles. The Morgan fingerprint density at radius 1 is 1.12 bits per heavy atom. The number of hydrogen-bond donors (Lipinski definition) is 1. The van der Waals surface area contributed by atoms with Crippen LogP contribution >= 0.6 is 15.9 Å². The lowest BCUT2D eigenvalue weighted by molar-refractivity contribution is -0.0756. The Kier molecular flexibility index (Phi) is 7.12. The lowest BCUT2D eigenvalue weighted by Gasteiger charge is -2.29. The van der Waals surface area contributed by atoms with E-state index in [0.29, 0.717) is 0 Å². The van der Waals surface area contributed by atoms with Gasteiger partial charge in [-0.2, -0.15) is 0 Å². The molecule has 3 nitrogen and oxygen atoms in total. The highest BCUT2D eigenvalue weighted by Gasteiger charge is 2.19. The van der Waals surface area contributed by atoms with E-state index in [0.717, 1.165) is 36.2 Å². The molecular weight excluding hydrogens is 388 g/mol. The zero-order valence-corrected chi connectivity index (χ0v) is 17.4. The lowest BCUT2D eigenvalue weighted by atomic mass is 10.0. The van der Waals surface area contributed by atoms with Gasteiger partial charge in [0.25, 0.3) is 0 Å². The van der Waals surface area contributed by atoms with Gasteiger partial charge in [0.05, 0.1) is 6.04 Å². The molecule has 1 N–H and O–H groups in total. The molecule has 0 aliphatic carbocycles. The summed E-state index contributed by atoms with van der Waals surface area (Å²) in [5.41, 5.74) is 4.09. The molecule has 1 atom stereocenters. The summed E-state index contributed by atoms with van der Waals surface area (Å²) in [5, 5.41) is 5.45. The third-order valence-electron chi connectivity index (χ3n) is 5.09. The van der Waals surface area contributed by atoms with Crippen LogP contribution in [0.25, 0.3) is 0 Å². The Labute approximate surface area is 165 Å². The number of halogens is 1. The van der Waals surface area contributed by atoms with Crippen LogP contribution in [0.5, 0.6) is 5.75 Å². The van der Waals surface area contributed by atoms with Crippen LogP contribution in [0.15, 0.2) is 46.9 Å². The molecule has 0 saturated heterocycles. The fourth-order valence-corrected chi connectivity index (χ4v) is 3.84. The van der Waals surface area contributed by atoms with Crippen molar-refractivity contribution in [2.45, 2.75) is 51.6 Å². The molecule has 1 unspecified atom stereocenters. The van der Waals surface area contributed by atoms with Gasteiger partial charge in [0, 0.05) is 18.1 Å². The van der Waals surface area contributed by atoms with Crippen molar-refractivity contribution in [2.24, 2.45) is 0 Å². The van der Waals surface area contributed by atoms with Crippen LogP contribution < -0.4 is 10.2 Å². The molecule has 0 saturated carbocycles. The Morgan fingerprint density at radius 3 is 2.69 bits per heavy atom. The topological polar surface area (TPSA) is 24.5 Å². The van der Waals surface area contributed by atoms with E-state index in [4.69, 9.17) is 4.84 Å². The molecular formula is C22H29BrN2O. The summed E-state index contributed by atoms with van der Waals surface area (Å²) >= 11 is 3.53. The molecule has 26 heavy (non-hydrogen) atoms. The standard InChI is InChI=1S/C22H29BrN2O/c1-3-4-5-6-22(17-7-10-20(23)11-8-17)25(2)26-21-12-9-19-16-24-14-13-18(19)15-21/h7-12,15,22,24H,3-6,13-14,16H2,1-2H3. The van der Waals surface area contributed by atoms with Gasteiger partial charge in [-0.05, 0) is 60.3 Å². The summed E-state index contributed by atoms with van der Waals surface area (Å²) in [6.45, 7) is 4.26. The molecule has 0 fully saturated rings. The third kappa shape index (κ3) is 5.09. The summed E-state index contributed by atoms with van der Waals surface area (Å²) < 4.78 is 1.11. The first kappa shape index (κ1) is 19.4. The fourth-order valence-electron chi connectivity index (χ4n) is 3.57. The predicted molar refractivity (Wildman–Crippen MR) is 111 cm³/mol. The van der Waals surface area contributed by atoms with Crippen molar-refractivity contribution < 1.29 is 4.84 Å². The van der Waals surface area contributed by atoms with Crippen molar-refractivity contribution in [3.8, 4) is 5.75 Å². The number of nitrogens with zero attached hydrogens (tertiary/aromatic N) is 1. The van der Waals surface area contributed by atoms with Crippen molar-refractivity contribution in [3.63, 3.8) is 0 Å². The van der Waals surface area contributed by atoms with E-state index in [1.54, 1.807) is 0 Å². The molecule has 0 bridgehead atoms. The minimum Gasteiger partial charge on any atom is -0.406 e. The average molecular weight is 417 g/mol. The highest BCUT2D eigenvalue weighted by molar-refractivity contribution is 9.10. The molecule has 0 amide bonds. The molecule has 0 spiro atoms. The van der Waals surface area contributed by atoms with Gasteiger partial charge < -0.3 is 10.2 Å². The van der Waals surface area contributed by atoms with E-state index in [2.05, 4.69) is 77.7 Å². The first-order valence-corrected chi connectivity index (χ1v) is 10.5. The maximum Gasteiger partial charge on any atom is 0.147 e. The Hall–Kier alpha value is -1.36. The highest BCUT2D eigenvalue weighted by Crippen LogP contribution is 2.29. The SMILES string of the molecule is CCCCCC(c1ccc(Br)cc1)N(C)Oc1ccc2c(c1)CCNC2. The summed E-state index contributed by atoms with van der Waals surface area (Å²) in [6.07, 6.45) is 5.87. The third-order valence-corrected chi connectivity index (χ3v) is 5.62. The zero-order valence-electron chi connectivity index (χ0n) is 15.8. The van der Waals surface area contributed by atoms with Crippen molar-refractivity contribution in [3.05, 3.63) is 63.6 Å². The minimum atomic E-state index is 0.257. The predicted octanol–water partition coefficient (Wildman–Crippen LogP) is 5.64. The van der Waals surface area contributed by atoms with Gasteiger partial charge in [-0.3, -0.25) is 0 Å². The Balaban J connectivity index is 1.73. The number of benzene rings is 2. The van der Waals surface area contributed by atoms with E-state index < -0.39 is 0 Å². The molecule has 1 aliphatic heterocycles. The summed E-state index contributed by atoms with van der Waals surface area (Å²) in [5.74, 6) is 0.936. The maximum atomic E-state index is 6.26. The van der Waals surface area contributed by atoms with Crippen LogP contribution in [0.1, 0.15) is 55.3 Å². The number of unbranched alkanes of at least 4 members (excludes halogenated alkanes) is 2. The Morgan fingerprint density at radius 2 is 1.92 bits per heavy atom. The smallest absolute Gasteiger partial charge is 0.147 e. The quantitative estimate of drug-likeness (QED) is 0.444. The fraction of sp³-hybridized carbons (Fsp3) is 0.455. The van der Waals surface area contributed by atoms with Gasteiger partial charge in [-0.25, -0.2) is 0 Å². The van der Waals surface area contributed by atoms with Gasteiger partial charge in [0.1, 0.15) is 5.75 Å². The molecule has 0 radical (unpaired) electrons. The van der Waals surface area contributed by atoms with Crippen LogP contribution in [0.4, 0.5) is 0 Å². The van der Waals surface area contributed by atoms with Crippen LogP contribution in [-0.2, 0) is 13.0 Å². The van der Waals surface area contributed by atoms with Crippen LogP contribution in [-0.4, -0.2) is 18.7 Å². The van der Waals surface area contributed by atoms with E-state index in [-0.39, 0.29) is 6.04 Å². The van der Waals surface area contributed by atoms with E-state index in [1.807, 2.05) is 5.06 Å². The Bertz CT molecular complexity index is 702. The first-order chi connectivity index (χ1) is 12.7. The first-order valence-electron chi connectivity index (χ1n) is 9.66. The molecule has 2 aromatic rings. The van der Waals surface area contributed by atoms with Gasteiger partial charge in [-0.1, -0.05) is 60.3 Å². The van der Waals surface area contributed by atoms with E-state index >= 15 is 0 Å². The van der Waals surface area contributed by atoms with Gasteiger partial charge in [0.15, 0.2) is 0 Å². The van der Waals surface area contributed by atoms with E-state index in [1.165, 1.54) is 36.0 Å². The molecule has 4 heteroatoms. The largest absolute Gasteiger partial charge is 0.406 e. The number of fused-ring (bicyclic) bond motifs is 1. The number of nitrogens with one attached hydrogen (secondary N) is 1. The average Bonchev–Trinajstić information content (AvgIpc) is 2.66. The summed E-state index contributed by atoms with van der Waals surface area (Å²) in [6, 6.07) is 15.4. The van der Waals surface area contributed by atoms with Gasteiger partial charge >= 0.3 is 0 Å². The second kappa shape index (κ2) is 9.54. The van der Waals surface area contributed by atoms with Crippen molar-refractivity contribution in [2.75, 3.05) is 13.6 Å². The normalized spacial score (nSPS) is 14.9. The van der Waals surface area contributed by atoms with E-state index in [9.17, 15) is 0 Å². The maximum absolute atomic E-state index is 6.26. The molecule has 3 rings (SSSR count). The van der Waals surface area contributed by atoms with Crippen LogP contribution in [0, 0.1) is 0 Å². The molecule has 0 aromatic heterocycles. The van der Waals surface area contributed by atoms with Crippen molar-refractivity contribution in [1.29, 1.82) is 0 Å². The lowest BCUT2D eigenvalue weighted by Crippen LogP contribution is -2.28. The van der Waals surface area contributed by atoms with Crippen molar-refractivity contribution in [1.82, 2.24) is 10.4 Å². The van der Waals surface area contributed by atoms with Crippen LogP contribution in [0.2, 0.25) is 0 Å². The zero-order chi connectivity index (χ0) is 18.4. The molecule has 1 aliphatic rings. The minimum absolute atomic E-state index is 0.257. The second-order valence-electron chi connectivity index (χ2n) is 7.06. The van der Waals surface area contributed by atoms with Crippen LogP contribution in [0.3, 0.4) is 0 Å². The van der Waals surface area contributed by atoms with Gasteiger partial charge in [-0.15, -0.1) is 5.06 Å². The number of rotatable bonds is 8. The van der Waals surface area contributed by atoms with Crippen molar-refractivity contribution >= 4 is 15.9 Å². The molecule has 140 valence electrons. The van der Waals surface area contributed by atoms with Gasteiger partial charge in [0.2, 0.25) is 0 Å². The number of hydrogen-bond acceptors (Lipinski definition) is 3. The summed E-state index contributed by atoms with van der Waals surface area (Å²) in [4.78, 5) is 6.26. The second-order valence-corrected chi connectivity index (χ2v) is 7.97. The monoisotopic (exact) mass is 416 g/mol.